The van der Waals surface area contributed by atoms with Gasteiger partial charge in [-0.2, -0.15) is 0 Å². The second-order valence-electron chi connectivity index (χ2n) is 13.6. The first-order chi connectivity index (χ1) is 18.5. The maximum Gasteiger partial charge on any atom is 0.315 e. The predicted molar refractivity (Wildman–Crippen MR) is 172 cm³/mol. The molecule has 0 aliphatic carbocycles. The van der Waals surface area contributed by atoms with Crippen LogP contribution >= 0.6 is 11.8 Å². The molecule has 0 aromatic heterocycles. The van der Waals surface area contributed by atoms with E-state index < -0.39 is 0 Å². The van der Waals surface area contributed by atoms with E-state index >= 15 is 0 Å². The topological polar surface area (TPSA) is 46.5 Å². The van der Waals surface area contributed by atoms with Crippen molar-refractivity contribution in [1.82, 2.24) is 0 Å². The van der Waals surface area contributed by atoms with Crippen molar-refractivity contribution in [2.75, 3.05) is 12.4 Å². The molecule has 0 heterocycles. The first-order valence-electron chi connectivity index (χ1n) is 16.1. The lowest BCUT2D eigenvalue weighted by molar-refractivity contribution is -0.140. The minimum absolute atomic E-state index is 0.119. The Labute approximate surface area is 246 Å². The Balaban J connectivity index is 2.10. The summed E-state index contributed by atoms with van der Waals surface area (Å²) in [4.78, 5) is 12.2. The highest BCUT2D eigenvalue weighted by Crippen LogP contribution is 2.40. The molecule has 0 saturated heterocycles. The average molecular weight is 563 g/mol. The van der Waals surface area contributed by atoms with Crippen LogP contribution in [-0.2, 0) is 26.1 Å². The van der Waals surface area contributed by atoms with Gasteiger partial charge in [-0.05, 0) is 33.9 Å². The number of benzene rings is 1. The van der Waals surface area contributed by atoms with Crippen molar-refractivity contribution in [2.24, 2.45) is 0 Å². The molecular weight excluding hydrogens is 500 g/mol. The van der Waals surface area contributed by atoms with Crippen molar-refractivity contribution in [1.29, 1.82) is 0 Å². The Kier molecular flexibility index (Phi) is 18.2. The second kappa shape index (κ2) is 19.8. The SMILES string of the molecule is CCCCCCCCCCCCCCCCCCOC(=O)CSCc1cc(C(C)(C)C)c(O)c(C(C)(C)C)c1. The third-order valence-corrected chi connectivity index (χ3v) is 8.51. The van der Waals surface area contributed by atoms with Gasteiger partial charge in [0.1, 0.15) is 5.75 Å². The maximum absolute atomic E-state index is 12.2. The predicted octanol–water partition coefficient (Wildman–Crippen LogP) is 11.0. The third kappa shape index (κ3) is 16.6. The fourth-order valence-corrected chi connectivity index (χ4v) is 5.81. The van der Waals surface area contributed by atoms with Gasteiger partial charge in [0.25, 0.3) is 0 Å². The van der Waals surface area contributed by atoms with Gasteiger partial charge in [0.2, 0.25) is 0 Å². The summed E-state index contributed by atoms with van der Waals surface area (Å²) in [6.07, 6.45) is 21.5. The van der Waals surface area contributed by atoms with E-state index in [1.807, 2.05) is 0 Å². The number of rotatable bonds is 21. The molecule has 39 heavy (non-hydrogen) atoms. The van der Waals surface area contributed by atoms with Gasteiger partial charge in [0.15, 0.2) is 0 Å². The molecule has 226 valence electrons. The van der Waals surface area contributed by atoms with Crippen molar-refractivity contribution in [3.05, 3.63) is 28.8 Å². The van der Waals surface area contributed by atoms with Crippen molar-refractivity contribution < 1.29 is 14.6 Å². The van der Waals surface area contributed by atoms with Gasteiger partial charge in [-0.1, -0.05) is 157 Å². The van der Waals surface area contributed by atoms with Crippen LogP contribution in [0, 0.1) is 0 Å². The van der Waals surface area contributed by atoms with Gasteiger partial charge in [0.05, 0.1) is 12.4 Å². The normalized spacial score (nSPS) is 12.2. The van der Waals surface area contributed by atoms with E-state index in [0.29, 0.717) is 18.1 Å². The van der Waals surface area contributed by atoms with Gasteiger partial charge >= 0.3 is 5.97 Å². The summed E-state index contributed by atoms with van der Waals surface area (Å²) in [5.74, 6) is 1.39. The van der Waals surface area contributed by atoms with E-state index in [-0.39, 0.29) is 16.8 Å². The van der Waals surface area contributed by atoms with E-state index in [1.165, 1.54) is 89.9 Å². The zero-order valence-corrected chi connectivity index (χ0v) is 27.6. The number of hydrogen-bond donors (Lipinski definition) is 1. The average Bonchev–Trinajstić information content (AvgIpc) is 2.85. The molecule has 0 aliphatic heterocycles. The van der Waals surface area contributed by atoms with Gasteiger partial charge in [-0.3, -0.25) is 4.79 Å². The van der Waals surface area contributed by atoms with Crippen molar-refractivity contribution >= 4 is 17.7 Å². The van der Waals surface area contributed by atoms with Crippen LogP contribution in [0.5, 0.6) is 5.75 Å². The van der Waals surface area contributed by atoms with E-state index in [2.05, 4.69) is 60.6 Å². The molecule has 1 aromatic rings. The van der Waals surface area contributed by atoms with E-state index in [4.69, 9.17) is 4.74 Å². The zero-order valence-electron chi connectivity index (χ0n) is 26.8. The number of aromatic hydroxyl groups is 1. The Morgan fingerprint density at radius 1 is 0.692 bits per heavy atom. The van der Waals surface area contributed by atoms with Crippen molar-refractivity contribution in [2.45, 2.75) is 168 Å². The largest absolute Gasteiger partial charge is 0.507 e. The highest BCUT2D eigenvalue weighted by Gasteiger charge is 2.26. The smallest absolute Gasteiger partial charge is 0.315 e. The summed E-state index contributed by atoms with van der Waals surface area (Å²) in [6, 6.07) is 4.19. The highest BCUT2D eigenvalue weighted by atomic mass is 32.2. The number of thioether (sulfide) groups is 1. The maximum atomic E-state index is 12.2. The number of phenols is 1. The lowest BCUT2D eigenvalue weighted by Crippen LogP contribution is -2.18. The number of ether oxygens (including phenoxy) is 1. The molecule has 4 heteroatoms. The second-order valence-corrected chi connectivity index (χ2v) is 14.5. The van der Waals surface area contributed by atoms with Crippen LogP contribution in [0.15, 0.2) is 12.1 Å². The lowest BCUT2D eigenvalue weighted by atomic mass is 9.78. The van der Waals surface area contributed by atoms with Crippen LogP contribution < -0.4 is 0 Å². The number of phenolic OH excluding ortho intramolecular Hbond substituents is 1. The zero-order chi connectivity index (χ0) is 29.2. The summed E-state index contributed by atoms with van der Waals surface area (Å²) in [7, 11) is 0. The molecule has 0 radical (unpaired) electrons. The quantitative estimate of drug-likeness (QED) is 0.120. The molecule has 1 N–H and O–H groups in total. The number of hydrogen-bond acceptors (Lipinski definition) is 4. The first-order valence-corrected chi connectivity index (χ1v) is 17.2. The summed E-state index contributed by atoms with van der Waals surface area (Å²) < 4.78 is 5.47. The summed E-state index contributed by atoms with van der Waals surface area (Å²) in [5, 5.41) is 10.9. The molecule has 1 rings (SSSR count). The molecular formula is C35H62O3S. The number of carbonyl (C=O) groups is 1. The first kappa shape index (κ1) is 35.9. The molecule has 0 bridgehead atoms. The molecule has 0 spiro atoms. The van der Waals surface area contributed by atoms with Crippen LogP contribution in [0.1, 0.15) is 168 Å². The monoisotopic (exact) mass is 562 g/mol. The highest BCUT2D eigenvalue weighted by molar-refractivity contribution is 7.99. The van der Waals surface area contributed by atoms with E-state index in [1.54, 1.807) is 11.8 Å². The molecule has 0 amide bonds. The summed E-state index contributed by atoms with van der Waals surface area (Å²) in [6.45, 7) is 15.6. The van der Waals surface area contributed by atoms with Crippen LogP contribution in [0.25, 0.3) is 0 Å². The number of esters is 1. The van der Waals surface area contributed by atoms with Crippen LogP contribution in [0.2, 0.25) is 0 Å². The Morgan fingerprint density at radius 3 is 1.46 bits per heavy atom. The van der Waals surface area contributed by atoms with E-state index in [9.17, 15) is 9.90 Å². The lowest BCUT2D eigenvalue weighted by Gasteiger charge is -2.28. The Bertz CT molecular complexity index is 753. The fraction of sp³-hybridized carbons (Fsp3) is 0.800. The molecule has 1 aromatic carbocycles. The van der Waals surface area contributed by atoms with E-state index in [0.717, 1.165) is 35.3 Å². The molecule has 0 atom stereocenters. The van der Waals surface area contributed by atoms with Crippen molar-refractivity contribution in [3.8, 4) is 5.75 Å². The fourth-order valence-electron chi connectivity index (χ4n) is 5.05. The Hall–Kier alpha value is -1.16. The van der Waals surface area contributed by atoms with Crippen LogP contribution in [-0.4, -0.2) is 23.4 Å². The minimum atomic E-state index is -0.142. The summed E-state index contributed by atoms with van der Waals surface area (Å²) >= 11 is 1.59. The van der Waals surface area contributed by atoms with Gasteiger partial charge in [-0.25, -0.2) is 0 Å². The molecule has 0 fully saturated rings. The van der Waals surface area contributed by atoms with Gasteiger partial charge < -0.3 is 9.84 Å². The number of unbranched alkanes of at least 4 members (excludes halogenated alkanes) is 15. The van der Waals surface area contributed by atoms with Gasteiger partial charge in [-0.15, -0.1) is 11.8 Å². The standard InChI is InChI=1S/C35H62O3S/c1-8-9-10-11-12-13-14-15-16-17-18-19-20-21-22-23-24-38-32(36)28-39-27-29-25-30(34(2,3)4)33(37)31(26-29)35(5,6)7/h25-26,37H,8-24,27-28H2,1-7H3. The van der Waals surface area contributed by atoms with Crippen LogP contribution in [0.4, 0.5) is 0 Å². The van der Waals surface area contributed by atoms with Gasteiger partial charge in [0, 0.05) is 5.75 Å². The van der Waals surface area contributed by atoms with Crippen molar-refractivity contribution in [3.63, 3.8) is 0 Å². The molecule has 3 nitrogen and oxygen atoms in total. The summed E-state index contributed by atoms with van der Waals surface area (Å²) in [5.41, 5.74) is 2.80. The number of carbonyl (C=O) groups excluding carboxylic acids is 1. The minimum Gasteiger partial charge on any atom is -0.507 e. The molecule has 0 saturated carbocycles. The Morgan fingerprint density at radius 2 is 1.08 bits per heavy atom. The van der Waals surface area contributed by atoms with Crippen LogP contribution in [0.3, 0.4) is 0 Å². The molecule has 0 aliphatic rings. The molecule has 0 unspecified atom stereocenters. The third-order valence-electron chi connectivity index (χ3n) is 7.54.